The van der Waals surface area contributed by atoms with Gasteiger partial charge in [0.15, 0.2) is 5.82 Å². The van der Waals surface area contributed by atoms with E-state index in [1.165, 1.54) is 0 Å². The summed E-state index contributed by atoms with van der Waals surface area (Å²) < 4.78 is 2.87. The van der Waals surface area contributed by atoms with Gasteiger partial charge in [-0.15, -0.1) is 0 Å². The van der Waals surface area contributed by atoms with Crippen molar-refractivity contribution in [3.8, 4) is 11.4 Å². The van der Waals surface area contributed by atoms with Crippen LogP contribution in [0.3, 0.4) is 0 Å². The quantitative estimate of drug-likeness (QED) is 0.840. The van der Waals surface area contributed by atoms with E-state index < -0.39 is 0 Å². The lowest BCUT2D eigenvalue weighted by Gasteiger charge is -2.10. The number of nitrogens with zero attached hydrogens (tertiary/aromatic N) is 4. The smallest absolute Gasteiger partial charge is 0.165 e. The summed E-state index contributed by atoms with van der Waals surface area (Å²) in [6, 6.07) is 0. The van der Waals surface area contributed by atoms with Crippen molar-refractivity contribution >= 4 is 28.4 Å². The van der Waals surface area contributed by atoms with Gasteiger partial charge in [-0.05, 0) is 42.9 Å². The zero-order valence-electron chi connectivity index (χ0n) is 11.7. The summed E-state index contributed by atoms with van der Waals surface area (Å²) in [5.41, 5.74) is 2.93. The van der Waals surface area contributed by atoms with Crippen LogP contribution in [0.15, 0.2) is 6.20 Å². The third-order valence-corrected chi connectivity index (χ3v) is 4.11. The highest BCUT2D eigenvalue weighted by atomic mass is 127. The van der Waals surface area contributed by atoms with Gasteiger partial charge in [0, 0.05) is 19.8 Å². The third kappa shape index (κ3) is 3.05. The van der Waals surface area contributed by atoms with Crippen molar-refractivity contribution in [1.82, 2.24) is 19.7 Å². The standard InChI is InChI=1S/C13H18IN5/c1-5-6-15-13-11(14)9(3)16-12(17-13)10-7-19(4)18-8(10)2/h7H,5-6H2,1-4H3,(H,15,16,17). The molecule has 0 bridgehead atoms. The molecule has 0 aliphatic carbocycles. The van der Waals surface area contributed by atoms with Crippen molar-refractivity contribution < 1.29 is 0 Å². The first-order valence-electron chi connectivity index (χ1n) is 6.31. The molecule has 6 heteroatoms. The van der Waals surface area contributed by atoms with Gasteiger partial charge in [0.1, 0.15) is 5.82 Å². The summed E-state index contributed by atoms with van der Waals surface area (Å²) in [5.74, 6) is 1.65. The summed E-state index contributed by atoms with van der Waals surface area (Å²) in [4.78, 5) is 9.21. The van der Waals surface area contributed by atoms with Crippen LogP contribution in [0.25, 0.3) is 11.4 Å². The molecule has 2 aromatic rings. The molecule has 102 valence electrons. The Labute approximate surface area is 127 Å². The fraction of sp³-hybridized carbons (Fsp3) is 0.462. The van der Waals surface area contributed by atoms with Gasteiger partial charge in [0.2, 0.25) is 0 Å². The number of nitrogens with one attached hydrogen (secondary N) is 1. The zero-order valence-corrected chi connectivity index (χ0v) is 13.8. The lowest BCUT2D eigenvalue weighted by molar-refractivity contribution is 0.756. The van der Waals surface area contributed by atoms with Gasteiger partial charge in [-0.1, -0.05) is 6.92 Å². The Balaban J connectivity index is 2.47. The minimum absolute atomic E-state index is 0.738. The Bertz CT molecular complexity index is 591. The highest BCUT2D eigenvalue weighted by molar-refractivity contribution is 14.1. The second-order valence-corrected chi connectivity index (χ2v) is 5.60. The Morgan fingerprint density at radius 3 is 2.58 bits per heavy atom. The van der Waals surface area contributed by atoms with Crippen LogP contribution in [0.2, 0.25) is 0 Å². The van der Waals surface area contributed by atoms with Crippen LogP contribution in [-0.2, 0) is 7.05 Å². The van der Waals surface area contributed by atoms with Crippen LogP contribution < -0.4 is 5.32 Å². The molecule has 0 aliphatic heterocycles. The highest BCUT2D eigenvalue weighted by Crippen LogP contribution is 2.25. The zero-order chi connectivity index (χ0) is 14.0. The molecule has 2 aromatic heterocycles. The van der Waals surface area contributed by atoms with Crippen LogP contribution in [-0.4, -0.2) is 26.3 Å². The van der Waals surface area contributed by atoms with Gasteiger partial charge < -0.3 is 5.32 Å². The molecule has 0 saturated carbocycles. The van der Waals surface area contributed by atoms with Crippen molar-refractivity contribution in [2.45, 2.75) is 27.2 Å². The molecule has 2 heterocycles. The molecule has 1 N–H and O–H groups in total. The normalized spacial score (nSPS) is 10.8. The molecule has 5 nitrogen and oxygen atoms in total. The van der Waals surface area contributed by atoms with E-state index in [-0.39, 0.29) is 0 Å². The van der Waals surface area contributed by atoms with Gasteiger partial charge in [-0.25, -0.2) is 9.97 Å². The van der Waals surface area contributed by atoms with Gasteiger partial charge in [-0.3, -0.25) is 4.68 Å². The van der Waals surface area contributed by atoms with Gasteiger partial charge in [0.25, 0.3) is 0 Å². The number of anilines is 1. The molecule has 0 unspecified atom stereocenters. The molecule has 0 fully saturated rings. The van der Waals surface area contributed by atoms with Gasteiger partial charge >= 0.3 is 0 Å². The highest BCUT2D eigenvalue weighted by Gasteiger charge is 2.14. The van der Waals surface area contributed by atoms with Crippen LogP contribution >= 0.6 is 22.6 Å². The molecule has 0 spiro atoms. The maximum Gasteiger partial charge on any atom is 0.165 e. The van der Waals surface area contributed by atoms with E-state index in [0.29, 0.717) is 0 Å². The number of aromatic nitrogens is 4. The van der Waals surface area contributed by atoms with Crippen LogP contribution in [0, 0.1) is 17.4 Å². The van der Waals surface area contributed by atoms with Crippen LogP contribution in [0.5, 0.6) is 0 Å². The SMILES string of the molecule is CCCNc1nc(-c2cn(C)nc2C)nc(C)c1I. The monoisotopic (exact) mass is 371 g/mol. The van der Waals surface area contributed by atoms with Crippen molar-refractivity contribution in [2.75, 3.05) is 11.9 Å². The molecule has 0 saturated heterocycles. The number of halogens is 1. The Morgan fingerprint density at radius 1 is 1.26 bits per heavy atom. The fourth-order valence-electron chi connectivity index (χ4n) is 1.86. The first-order valence-corrected chi connectivity index (χ1v) is 7.39. The van der Waals surface area contributed by atoms with Crippen LogP contribution in [0.4, 0.5) is 5.82 Å². The Morgan fingerprint density at radius 2 is 2.00 bits per heavy atom. The number of hydrogen-bond acceptors (Lipinski definition) is 4. The molecular weight excluding hydrogens is 353 g/mol. The lowest BCUT2D eigenvalue weighted by atomic mass is 10.2. The van der Waals surface area contributed by atoms with E-state index in [1.54, 1.807) is 4.68 Å². The van der Waals surface area contributed by atoms with E-state index in [0.717, 1.165) is 45.1 Å². The van der Waals surface area contributed by atoms with Crippen molar-refractivity contribution in [3.05, 3.63) is 21.2 Å². The molecule has 0 radical (unpaired) electrons. The minimum Gasteiger partial charge on any atom is -0.369 e. The summed E-state index contributed by atoms with van der Waals surface area (Å²) in [6.45, 7) is 7.04. The van der Waals surface area contributed by atoms with E-state index >= 15 is 0 Å². The van der Waals surface area contributed by atoms with Gasteiger partial charge in [0.05, 0.1) is 20.5 Å². The molecule has 2 rings (SSSR count). The van der Waals surface area contributed by atoms with E-state index in [9.17, 15) is 0 Å². The molecule has 0 atom stereocenters. The topological polar surface area (TPSA) is 55.6 Å². The fourth-order valence-corrected chi connectivity index (χ4v) is 2.29. The Hall–Kier alpha value is -1.18. The average molecular weight is 371 g/mol. The van der Waals surface area contributed by atoms with Crippen molar-refractivity contribution in [1.29, 1.82) is 0 Å². The lowest BCUT2D eigenvalue weighted by Crippen LogP contribution is -2.07. The first kappa shape index (κ1) is 14.2. The predicted octanol–water partition coefficient (Wildman–Crippen LogP) is 2.92. The summed E-state index contributed by atoms with van der Waals surface area (Å²) in [6.07, 6.45) is 3.03. The molecule has 0 amide bonds. The van der Waals surface area contributed by atoms with Gasteiger partial charge in [-0.2, -0.15) is 5.10 Å². The number of aryl methyl sites for hydroxylation is 3. The average Bonchev–Trinajstić information content (AvgIpc) is 2.70. The summed E-state index contributed by atoms with van der Waals surface area (Å²) in [7, 11) is 1.91. The molecule has 19 heavy (non-hydrogen) atoms. The van der Waals surface area contributed by atoms with Crippen molar-refractivity contribution in [3.63, 3.8) is 0 Å². The number of rotatable bonds is 4. The van der Waals surface area contributed by atoms with Crippen molar-refractivity contribution in [2.24, 2.45) is 7.05 Å². The third-order valence-electron chi connectivity index (χ3n) is 2.81. The van der Waals surface area contributed by atoms with E-state index in [2.05, 4.69) is 49.9 Å². The van der Waals surface area contributed by atoms with E-state index in [1.807, 2.05) is 27.1 Å². The largest absolute Gasteiger partial charge is 0.369 e. The second-order valence-electron chi connectivity index (χ2n) is 4.52. The van der Waals surface area contributed by atoms with Crippen LogP contribution in [0.1, 0.15) is 24.7 Å². The molecule has 0 aliphatic rings. The molecular formula is C13H18IN5. The maximum atomic E-state index is 4.63. The Kier molecular flexibility index (Phi) is 4.38. The first-order chi connectivity index (χ1) is 9.02. The number of hydrogen-bond donors (Lipinski definition) is 1. The maximum absolute atomic E-state index is 4.63. The van der Waals surface area contributed by atoms with E-state index in [4.69, 9.17) is 0 Å². The minimum atomic E-state index is 0.738. The predicted molar refractivity (Wildman–Crippen MR) is 85.2 cm³/mol. The summed E-state index contributed by atoms with van der Waals surface area (Å²) in [5, 5.41) is 7.70. The second kappa shape index (κ2) is 5.85. The summed E-state index contributed by atoms with van der Waals surface area (Å²) >= 11 is 2.29. The molecule has 0 aromatic carbocycles.